The Morgan fingerprint density at radius 2 is 1.64 bits per heavy atom. The van der Waals surface area contributed by atoms with Crippen LogP contribution in [0.1, 0.15) is 59.9 Å². The van der Waals surface area contributed by atoms with Crippen LogP contribution in [-0.2, 0) is 0 Å². The molecule has 5 heteroatoms. The fourth-order valence-electron chi connectivity index (χ4n) is 3.08. The number of nitrogens with zero attached hydrogens (tertiary/aromatic N) is 1. The lowest BCUT2D eigenvalue weighted by Crippen LogP contribution is -2.22. The van der Waals surface area contributed by atoms with Crippen molar-refractivity contribution >= 4 is 23.1 Å². The van der Waals surface area contributed by atoms with Gasteiger partial charge in [0.25, 0.3) is 5.91 Å². The predicted octanol–water partition coefficient (Wildman–Crippen LogP) is 4.28. The first-order valence-electron chi connectivity index (χ1n) is 8.77. The topological polar surface area (TPSA) is 71.1 Å². The quantitative estimate of drug-likeness (QED) is 0.799. The van der Waals surface area contributed by atoms with E-state index in [1.54, 1.807) is 36.5 Å². The van der Waals surface area contributed by atoms with E-state index < -0.39 is 0 Å². The van der Waals surface area contributed by atoms with Crippen LogP contribution in [0.15, 0.2) is 42.6 Å². The van der Waals surface area contributed by atoms with E-state index in [4.69, 9.17) is 0 Å². The number of carbonyl (C=O) groups excluding carboxylic acids is 2. The van der Waals surface area contributed by atoms with Crippen LogP contribution in [-0.4, -0.2) is 22.7 Å². The van der Waals surface area contributed by atoms with Gasteiger partial charge in [-0.25, -0.2) is 4.98 Å². The van der Waals surface area contributed by atoms with Gasteiger partial charge < -0.3 is 10.6 Å². The summed E-state index contributed by atoms with van der Waals surface area (Å²) >= 11 is 0. The van der Waals surface area contributed by atoms with E-state index in [9.17, 15) is 9.59 Å². The molecule has 1 saturated carbocycles. The molecule has 0 spiro atoms. The highest BCUT2D eigenvalue weighted by Crippen LogP contribution is 2.21. The highest BCUT2D eigenvalue weighted by Gasteiger charge is 2.14. The van der Waals surface area contributed by atoms with E-state index in [-0.39, 0.29) is 11.7 Å². The van der Waals surface area contributed by atoms with Gasteiger partial charge >= 0.3 is 0 Å². The third-order valence-corrected chi connectivity index (χ3v) is 4.52. The van der Waals surface area contributed by atoms with Crippen LogP contribution in [0.5, 0.6) is 0 Å². The van der Waals surface area contributed by atoms with Gasteiger partial charge in [0.05, 0.1) is 11.9 Å². The molecule has 0 atom stereocenters. The first kappa shape index (κ1) is 17.1. The Kier molecular flexibility index (Phi) is 5.43. The van der Waals surface area contributed by atoms with Gasteiger partial charge in [-0.2, -0.15) is 0 Å². The van der Waals surface area contributed by atoms with Crippen molar-refractivity contribution in [1.82, 2.24) is 4.98 Å². The molecule has 0 aliphatic heterocycles. The monoisotopic (exact) mass is 337 g/mol. The lowest BCUT2D eigenvalue weighted by Gasteiger charge is -2.23. The van der Waals surface area contributed by atoms with Crippen molar-refractivity contribution in [2.24, 2.45) is 0 Å². The molecule has 0 bridgehead atoms. The van der Waals surface area contributed by atoms with Crippen molar-refractivity contribution in [3.63, 3.8) is 0 Å². The number of Topliss-reactive ketones (excluding diaryl/α,β-unsaturated/α-hetero) is 1. The van der Waals surface area contributed by atoms with Gasteiger partial charge in [0.1, 0.15) is 5.69 Å². The van der Waals surface area contributed by atoms with E-state index in [2.05, 4.69) is 15.6 Å². The molecule has 0 unspecified atom stereocenters. The SMILES string of the molecule is CC(=O)c1ccc(NC(=O)c2ccc(NC3CCCCC3)cn2)cc1. The number of nitrogens with one attached hydrogen (secondary N) is 2. The number of anilines is 2. The van der Waals surface area contributed by atoms with Gasteiger partial charge in [-0.1, -0.05) is 19.3 Å². The number of pyridine rings is 1. The Bertz CT molecular complexity index is 733. The molecule has 25 heavy (non-hydrogen) atoms. The Morgan fingerprint density at radius 1 is 0.960 bits per heavy atom. The smallest absolute Gasteiger partial charge is 0.274 e. The lowest BCUT2D eigenvalue weighted by atomic mass is 9.95. The number of hydrogen-bond acceptors (Lipinski definition) is 4. The highest BCUT2D eigenvalue weighted by atomic mass is 16.2. The molecule has 3 rings (SSSR count). The summed E-state index contributed by atoms with van der Waals surface area (Å²) in [6.07, 6.45) is 7.96. The van der Waals surface area contributed by atoms with Gasteiger partial charge in [0.15, 0.2) is 5.78 Å². The Balaban J connectivity index is 1.59. The lowest BCUT2D eigenvalue weighted by molar-refractivity contribution is 0.101. The number of aromatic nitrogens is 1. The minimum Gasteiger partial charge on any atom is -0.381 e. The molecule has 1 aliphatic rings. The van der Waals surface area contributed by atoms with E-state index in [0.29, 0.717) is 23.0 Å². The summed E-state index contributed by atoms with van der Waals surface area (Å²) in [5.41, 5.74) is 2.58. The fourth-order valence-corrected chi connectivity index (χ4v) is 3.08. The van der Waals surface area contributed by atoms with Crippen molar-refractivity contribution < 1.29 is 9.59 Å². The number of amides is 1. The Hall–Kier alpha value is -2.69. The summed E-state index contributed by atoms with van der Waals surface area (Å²) in [6.45, 7) is 1.51. The molecule has 1 amide bonds. The maximum absolute atomic E-state index is 12.3. The minimum absolute atomic E-state index is 0.000554. The number of benzene rings is 1. The number of ketones is 1. The normalized spacial score (nSPS) is 14.8. The molecule has 1 fully saturated rings. The van der Waals surface area contributed by atoms with Gasteiger partial charge in [-0.3, -0.25) is 9.59 Å². The predicted molar refractivity (Wildman–Crippen MR) is 99.1 cm³/mol. The summed E-state index contributed by atoms with van der Waals surface area (Å²) in [4.78, 5) is 27.8. The van der Waals surface area contributed by atoms with Crippen LogP contribution >= 0.6 is 0 Å². The summed E-state index contributed by atoms with van der Waals surface area (Å²) in [6, 6.07) is 11.0. The molecule has 130 valence electrons. The van der Waals surface area contributed by atoms with Crippen LogP contribution in [0.25, 0.3) is 0 Å². The summed E-state index contributed by atoms with van der Waals surface area (Å²) in [5.74, 6) is -0.264. The first-order valence-corrected chi connectivity index (χ1v) is 8.77. The highest BCUT2D eigenvalue weighted by molar-refractivity contribution is 6.03. The van der Waals surface area contributed by atoms with E-state index in [1.165, 1.54) is 39.0 Å². The fraction of sp³-hybridized carbons (Fsp3) is 0.350. The van der Waals surface area contributed by atoms with Gasteiger partial charge in [0, 0.05) is 17.3 Å². The van der Waals surface area contributed by atoms with Crippen molar-refractivity contribution in [3.05, 3.63) is 53.9 Å². The Labute approximate surface area is 147 Å². The zero-order valence-corrected chi connectivity index (χ0v) is 14.4. The molecule has 2 N–H and O–H groups in total. The van der Waals surface area contributed by atoms with Gasteiger partial charge in [0.2, 0.25) is 0 Å². The molecule has 0 saturated heterocycles. The van der Waals surface area contributed by atoms with Crippen LogP contribution in [0, 0.1) is 0 Å². The van der Waals surface area contributed by atoms with Crippen LogP contribution in [0.3, 0.4) is 0 Å². The van der Waals surface area contributed by atoms with Crippen molar-refractivity contribution in [3.8, 4) is 0 Å². The molecule has 0 radical (unpaired) electrons. The van der Waals surface area contributed by atoms with Crippen molar-refractivity contribution in [2.75, 3.05) is 10.6 Å². The Morgan fingerprint density at radius 3 is 2.24 bits per heavy atom. The maximum atomic E-state index is 12.3. The molecular formula is C20H23N3O2. The van der Waals surface area contributed by atoms with Gasteiger partial charge in [-0.05, 0) is 56.2 Å². The second kappa shape index (κ2) is 7.92. The average Bonchev–Trinajstić information content (AvgIpc) is 2.63. The summed E-state index contributed by atoms with van der Waals surface area (Å²) < 4.78 is 0. The standard InChI is InChI=1S/C20H23N3O2/c1-14(24)15-7-9-17(10-8-15)23-20(25)19-12-11-18(13-21-19)22-16-5-3-2-4-6-16/h7-13,16,22H,2-6H2,1H3,(H,23,25). The molecule has 5 nitrogen and oxygen atoms in total. The van der Waals surface area contributed by atoms with Gasteiger partial charge in [-0.15, -0.1) is 0 Å². The second-order valence-corrected chi connectivity index (χ2v) is 6.50. The second-order valence-electron chi connectivity index (χ2n) is 6.50. The number of carbonyl (C=O) groups is 2. The van der Waals surface area contributed by atoms with Crippen molar-refractivity contribution in [1.29, 1.82) is 0 Å². The first-order chi connectivity index (χ1) is 12.1. The largest absolute Gasteiger partial charge is 0.381 e. The van der Waals surface area contributed by atoms with Crippen molar-refractivity contribution in [2.45, 2.75) is 45.1 Å². The van der Waals surface area contributed by atoms with Crippen LogP contribution < -0.4 is 10.6 Å². The maximum Gasteiger partial charge on any atom is 0.274 e. The third-order valence-electron chi connectivity index (χ3n) is 4.52. The molecule has 2 aromatic rings. The zero-order chi connectivity index (χ0) is 17.6. The van der Waals surface area contributed by atoms with E-state index in [1.807, 2.05) is 6.07 Å². The van der Waals surface area contributed by atoms with E-state index in [0.717, 1.165) is 5.69 Å². The molecular weight excluding hydrogens is 314 g/mol. The minimum atomic E-state index is -0.264. The number of rotatable bonds is 5. The zero-order valence-electron chi connectivity index (χ0n) is 14.4. The summed E-state index contributed by atoms with van der Waals surface area (Å²) in [5, 5.41) is 6.28. The molecule has 1 aromatic heterocycles. The van der Waals surface area contributed by atoms with Crippen LogP contribution in [0.2, 0.25) is 0 Å². The third kappa shape index (κ3) is 4.66. The van der Waals surface area contributed by atoms with Crippen LogP contribution in [0.4, 0.5) is 11.4 Å². The molecule has 1 heterocycles. The summed E-state index contributed by atoms with van der Waals surface area (Å²) in [7, 11) is 0. The van der Waals surface area contributed by atoms with E-state index >= 15 is 0 Å². The molecule has 1 aliphatic carbocycles. The average molecular weight is 337 g/mol. The molecule has 1 aromatic carbocycles. The number of hydrogen-bond donors (Lipinski definition) is 2.